The predicted molar refractivity (Wildman–Crippen MR) is 44.8 cm³/mol. The number of carbonyl (C=O) groups excluding carboxylic acids is 1. The summed E-state index contributed by atoms with van der Waals surface area (Å²) in [5, 5.41) is -0.650. The standard InChI is InChI=1S/C9H3F4NO2/c10-5-4-3(16-2-15)1-14-9(4)8(13)7(12)6(5)11/h1-2,14H. The van der Waals surface area contributed by atoms with Crippen LogP contribution < -0.4 is 4.74 Å². The second-order valence-corrected chi connectivity index (χ2v) is 2.87. The van der Waals surface area contributed by atoms with E-state index in [1.165, 1.54) is 0 Å². The molecule has 1 heterocycles. The van der Waals surface area contributed by atoms with Crippen LogP contribution in [0.5, 0.6) is 5.75 Å². The molecule has 0 unspecified atom stereocenters. The summed E-state index contributed by atoms with van der Waals surface area (Å²) in [6, 6.07) is 0. The van der Waals surface area contributed by atoms with Crippen molar-refractivity contribution in [1.29, 1.82) is 0 Å². The van der Waals surface area contributed by atoms with E-state index in [-0.39, 0.29) is 6.47 Å². The minimum absolute atomic E-state index is 0.0405. The highest BCUT2D eigenvalue weighted by molar-refractivity contribution is 5.88. The minimum Gasteiger partial charge on any atom is -0.426 e. The maximum Gasteiger partial charge on any atom is 0.298 e. The van der Waals surface area contributed by atoms with Gasteiger partial charge in [0.15, 0.2) is 29.0 Å². The average Bonchev–Trinajstić information content (AvgIpc) is 2.68. The van der Waals surface area contributed by atoms with E-state index in [2.05, 4.69) is 9.72 Å². The molecule has 3 nitrogen and oxygen atoms in total. The van der Waals surface area contributed by atoms with Crippen LogP contribution >= 0.6 is 0 Å². The van der Waals surface area contributed by atoms with Crippen LogP contribution in [0.3, 0.4) is 0 Å². The van der Waals surface area contributed by atoms with Crippen LogP contribution in [0.25, 0.3) is 10.9 Å². The maximum atomic E-state index is 13.3. The molecule has 1 aromatic carbocycles. The first kappa shape index (κ1) is 10.5. The van der Waals surface area contributed by atoms with Gasteiger partial charge < -0.3 is 9.72 Å². The lowest BCUT2D eigenvalue weighted by molar-refractivity contribution is -0.120. The molecular weight excluding hydrogens is 230 g/mol. The lowest BCUT2D eigenvalue weighted by atomic mass is 10.2. The second kappa shape index (κ2) is 3.51. The van der Waals surface area contributed by atoms with Gasteiger partial charge in [-0.1, -0.05) is 0 Å². The van der Waals surface area contributed by atoms with E-state index in [1.807, 2.05) is 0 Å². The van der Waals surface area contributed by atoms with Crippen LogP contribution in [0.15, 0.2) is 6.20 Å². The molecule has 1 aromatic heterocycles. The quantitative estimate of drug-likeness (QED) is 0.374. The topological polar surface area (TPSA) is 42.1 Å². The monoisotopic (exact) mass is 233 g/mol. The van der Waals surface area contributed by atoms with Crippen molar-refractivity contribution in [3.63, 3.8) is 0 Å². The van der Waals surface area contributed by atoms with Crippen molar-refractivity contribution in [3.8, 4) is 5.75 Å². The van der Waals surface area contributed by atoms with Gasteiger partial charge in [-0.25, -0.2) is 17.6 Å². The van der Waals surface area contributed by atoms with Crippen molar-refractivity contribution in [2.75, 3.05) is 0 Å². The summed E-state index contributed by atoms with van der Waals surface area (Å²) in [5.41, 5.74) is -0.603. The molecule has 84 valence electrons. The molecule has 0 atom stereocenters. The van der Waals surface area contributed by atoms with Gasteiger partial charge in [0.1, 0.15) is 0 Å². The van der Waals surface area contributed by atoms with Gasteiger partial charge >= 0.3 is 0 Å². The fraction of sp³-hybridized carbons (Fsp3) is 0. The van der Waals surface area contributed by atoms with Crippen LogP contribution in [-0.2, 0) is 4.79 Å². The van der Waals surface area contributed by atoms with Gasteiger partial charge in [0.2, 0.25) is 0 Å². The fourth-order valence-electron chi connectivity index (χ4n) is 1.35. The van der Waals surface area contributed by atoms with E-state index < -0.39 is 39.9 Å². The predicted octanol–water partition coefficient (Wildman–Crippen LogP) is 2.26. The molecule has 0 saturated heterocycles. The number of halogens is 4. The van der Waals surface area contributed by atoms with Crippen LogP contribution in [0.4, 0.5) is 17.6 Å². The van der Waals surface area contributed by atoms with Gasteiger partial charge in [0.05, 0.1) is 10.9 Å². The number of benzene rings is 1. The number of aromatic amines is 1. The molecule has 0 aliphatic heterocycles. The molecule has 16 heavy (non-hydrogen) atoms. The highest BCUT2D eigenvalue weighted by Gasteiger charge is 2.24. The van der Waals surface area contributed by atoms with Gasteiger partial charge in [-0.2, -0.15) is 0 Å². The highest BCUT2D eigenvalue weighted by Crippen LogP contribution is 2.32. The fourth-order valence-corrected chi connectivity index (χ4v) is 1.35. The number of H-pyrrole nitrogens is 1. The first-order chi connectivity index (χ1) is 7.57. The summed E-state index contributed by atoms with van der Waals surface area (Å²) < 4.78 is 56.3. The van der Waals surface area contributed by atoms with Crippen molar-refractivity contribution in [1.82, 2.24) is 4.98 Å². The minimum atomic E-state index is -1.96. The smallest absolute Gasteiger partial charge is 0.298 e. The summed E-state index contributed by atoms with van der Waals surface area (Å²) in [4.78, 5) is 12.2. The van der Waals surface area contributed by atoms with Gasteiger partial charge in [-0.3, -0.25) is 4.79 Å². The molecular formula is C9H3F4NO2. The Bertz CT molecular complexity index is 579. The summed E-state index contributed by atoms with van der Waals surface area (Å²) in [7, 11) is 0. The van der Waals surface area contributed by atoms with Gasteiger partial charge in [0.25, 0.3) is 6.47 Å². The van der Waals surface area contributed by atoms with E-state index in [0.29, 0.717) is 0 Å². The summed E-state index contributed by atoms with van der Waals surface area (Å²) in [6.45, 7) is -0.0405. The SMILES string of the molecule is O=COc1c[nH]c2c(F)c(F)c(F)c(F)c12. The number of hydrogen-bond acceptors (Lipinski definition) is 2. The number of hydrogen-bond donors (Lipinski definition) is 1. The Balaban J connectivity index is 2.88. The van der Waals surface area contributed by atoms with Crippen molar-refractivity contribution in [2.24, 2.45) is 0 Å². The average molecular weight is 233 g/mol. The van der Waals surface area contributed by atoms with Crippen molar-refractivity contribution in [2.45, 2.75) is 0 Å². The summed E-state index contributed by atoms with van der Waals surface area (Å²) in [5.74, 6) is -7.49. The molecule has 0 fully saturated rings. The third kappa shape index (κ3) is 1.24. The summed E-state index contributed by atoms with van der Waals surface area (Å²) >= 11 is 0. The van der Waals surface area contributed by atoms with E-state index in [4.69, 9.17) is 0 Å². The summed E-state index contributed by atoms with van der Waals surface area (Å²) in [6.07, 6.45) is 0.921. The molecule has 0 aliphatic carbocycles. The molecule has 0 radical (unpaired) electrons. The number of nitrogens with one attached hydrogen (secondary N) is 1. The molecule has 0 amide bonds. The molecule has 2 rings (SSSR count). The number of rotatable bonds is 2. The van der Waals surface area contributed by atoms with Crippen LogP contribution in [-0.4, -0.2) is 11.5 Å². The Morgan fingerprint density at radius 3 is 2.31 bits per heavy atom. The first-order valence-electron chi connectivity index (χ1n) is 4.01. The van der Waals surface area contributed by atoms with E-state index in [9.17, 15) is 22.4 Å². The zero-order valence-corrected chi connectivity index (χ0v) is 7.48. The third-order valence-electron chi connectivity index (χ3n) is 2.04. The van der Waals surface area contributed by atoms with E-state index in [0.717, 1.165) is 6.20 Å². The van der Waals surface area contributed by atoms with Gasteiger partial charge in [-0.05, 0) is 0 Å². The van der Waals surface area contributed by atoms with Crippen molar-refractivity contribution in [3.05, 3.63) is 29.5 Å². The first-order valence-corrected chi connectivity index (χ1v) is 4.01. The number of carbonyl (C=O) groups is 1. The van der Waals surface area contributed by atoms with Crippen LogP contribution in [0.2, 0.25) is 0 Å². The maximum absolute atomic E-state index is 13.3. The van der Waals surface area contributed by atoms with E-state index in [1.54, 1.807) is 0 Å². The lowest BCUT2D eigenvalue weighted by Crippen LogP contribution is -1.98. The Kier molecular flexibility index (Phi) is 2.30. The van der Waals surface area contributed by atoms with Gasteiger partial charge in [0, 0.05) is 6.20 Å². The lowest BCUT2D eigenvalue weighted by Gasteiger charge is -2.01. The third-order valence-corrected chi connectivity index (χ3v) is 2.04. The molecule has 7 heteroatoms. The van der Waals surface area contributed by atoms with Gasteiger partial charge in [-0.15, -0.1) is 0 Å². The normalized spacial score (nSPS) is 10.8. The number of aromatic nitrogens is 1. The zero-order chi connectivity index (χ0) is 11.9. The molecule has 0 bridgehead atoms. The molecule has 0 aliphatic rings. The Morgan fingerprint density at radius 2 is 1.69 bits per heavy atom. The van der Waals surface area contributed by atoms with Crippen LogP contribution in [0, 0.1) is 23.3 Å². The van der Waals surface area contributed by atoms with E-state index >= 15 is 0 Å². The largest absolute Gasteiger partial charge is 0.426 e. The Labute approximate surface area is 85.6 Å². The molecule has 2 aromatic rings. The Hall–Kier alpha value is -2.05. The van der Waals surface area contributed by atoms with Crippen LogP contribution in [0.1, 0.15) is 0 Å². The Morgan fingerprint density at radius 1 is 1.06 bits per heavy atom. The second-order valence-electron chi connectivity index (χ2n) is 2.87. The molecule has 1 N–H and O–H groups in total. The van der Waals surface area contributed by atoms with Crippen molar-refractivity contribution >= 4 is 17.4 Å². The number of ether oxygens (including phenoxy) is 1. The highest BCUT2D eigenvalue weighted by atomic mass is 19.2. The van der Waals surface area contributed by atoms with Crippen molar-refractivity contribution < 1.29 is 27.1 Å². The molecule has 0 saturated carbocycles. The number of fused-ring (bicyclic) bond motifs is 1. The molecule has 0 spiro atoms. The zero-order valence-electron chi connectivity index (χ0n) is 7.48.